The van der Waals surface area contributed by atoms with Gasteiger partial charge in [-0.2, -0.15) is 0 Å². The van der Waals surface area contributed by atoms with Crippen LogP contribution in [0, 0.1) is 17.7 Å². The molecule has 0 aromatic heterocycles. The highest BCUT2D eigenvalue weighted by molar-refractivity contribution is 5.95. The number of amides is 1. The van der Waals surface area contributed by atoms with Crippen LogP contribution >= 0.6 is 0 Å². The lowest BCUT2D eigenvalue weighted by molar-refractivity contribution is -0.142. The van der Waals surface area contributed by atoms with Gasteiger partial charge in [-0.25, -0.2) is 18.9 Å². The van der Waals surface area contributed by atoms with E-state index in [2.05, 4.69) is 0 Å². The molecular weight excluding hydrogens is 389 g/mol. The van der Waals surface area contributed by atoms with Crippen molar-refractivity contribution >= 4 is 23.4 Å². The summed E-state index contributed by atoms with van der Waals surface area (Å²) in [5, 5.41) is 8.69. The SMILES string of the molecule is O=C(O)COCC1CCCC(COC(=O)N(c2ccccc2)c2cccc(F)c2)C1. The Hall–Kier alpha value is -2.93. The maximum Gasteiger partial charge on any atom is 0.418 e. The Balaban J connectivity index is 1.61. The molecule has 0 bridgehead atoms. The summed E-state index contributed by atoms with van der Waals surface area (Å²) in [6.45, 7) is 0.360. The minimum absolute atomic E-state index is 0.186. The standard InChI is InChI=1S/C23H26FNO5/c24-19-8-5-11-21(13-19)25(20-9-2-1-3-10-20)23(28)30-15-18-7-4-6-17(12-18)14-29-16-22(26)27/h1-3,5,8-11,13,17-18H,4,6-7,12,14-16H2,(H,26,27). The third kappa shape index (κ3) is 6.29. The molecule has 0 spiro atoms. The van der Waals surface area contributed by atoms with Crippen LogP contribution < -0.4 is 4.90 Å². The van der Waals surface area contributed by atoms with Crippen LogP contribution in [0.1, 0.15) is 25.7 Å². The fourth-order valence-electron chi connectivity index (χ4n) is 3.82. The number of ether oxygens (including phenoxy) is 2. The van der Waals surface area contributed by atoms with Gasteiger partial charge in [-0.15, -0.1) is 0 Å². The lowest BCUT2D eigenvalue weighted by Gasteiger charge is -2.29. The Morgan fingerprint density at radius 1 is 1.00 bits per heavy atom. The van der Waals surface area contributed by atoms with E-state index in [4.69, 9.17) is 14.6 Å². The van der Waals surface area contributed by atoms with Crippen molar-refractivity contribution in [3.63, 3.8) is 0 Å². The number of carboxylic acid groups (broad SMARTS) is 1. The molecule has 0 radical (unpaired) electrons. The molecule has 1 saturated carbocycles. The second kappa shape index (κ2) is 10.7. The quantitative estimate of drug-likeness (QED) is 0.656. The van der Waals surface area contributed by atoms with E-state index in [1.807, 2.05) is 6.07 Å². The predicted octanol–water partition coefficient (Wildman–Crippen LogP) is 5.01. The first kappa shape index (κ1) is 21.8. The number of rotatable bonds is 8. The van der Waals surface area contributed by atoms with Gasteiger partial charge in [0.25, 0.3) is 0 Å². The molecule has 0 aliphatic heterocycles. The number of carbonyl (C=O) groups is 2. The van der Waals surface area contributed by atoms with Crippen molar-refractivity contribution in [2.75, 3.05) is 24.7 Å². The molecule has 30 heavy (non-hydrogen) atoms. The zero-order valence-electron chi connectivity index (χ0n) is 16.7. The molecule has 1 aliphatic carbocycles. The molecule has 0 heterocycles. The highest BCUT2D eigenvalue weighted by Crippen LogP contribution is 2.31. The van der Waals surface area contributed by atoms with Gasteiger partial charge in [0.2, 0.25) is 0 Å². The van der Waals surface area contributed by atoms with Crippen LogP contribution in [0.15, 0.2) is 54.6 Å². The molecular formula is C23H26FNO5. The topological polar surface area (TPSA) is 76.1 Å². The minimum atomic E-state index is -0.977. The molecule has 0 saturated heterocycles. The summed E-state index contributed by atoms with van der Waals surface area (Å²) in [5.41, 5.74) is 0.992. The molecule has 3 rings (SSSR count). The average Bonchev–Trinajstić information content (AvgIpc) is 2.73. The third-order valence-corrected chi connectivity index (χ3v) is 5.18. The van der Waals surface area contributed by atoms with Crippen LogP contribution in [0.25, 0.3) is 0 Å². The lowest BCUT2D eigenvalue weighted by atomic mass is 9.82. The normalized spacial score (nSPS) is 18.6. The first-order valence-corrected chi connectivity index (χ1v) is 10.1. The number of aliphatic carboxylic acids is 1. The fourth-order valence-corrected chi connectivity index (χ4v) is 3.82. The van der Waals surface area contributed by atoms with Crippen LogP contribution in [0.3, 0.4) is 0 Å². The molecule has 160 valence electrons. The molecule has 1 amide bonds. The van der Waals surface area contributed by atoms with Crippen LogP contribution in [-0.2, 0) is 14.3 Å². The minimum Gasteiger partial charge on any atom is -0.480 e. The van der Waals surface area contributed by atoms with Gasteiger partial charge in [0.05, 0.1) is 24.6 Å². The summed E-state index contributed by atoms with van der Waals surface area (Å²) in [4.78, 5) is 24.9. The number of carboxylic acids is 1. The maximum absolute atomic E-state index is 13.8. The Morgan fingerprint density at radius 2 is 1.70 bits per heavy atom. The molecule has 2 aromatic rings. The van der Waals surface area contributed by atoms with Crippen molar-refractivity contribution in [3.8, 4) is 0 Å². The van der Waals surface area contributed by atoms with Crippen LogP contribution in [0.4, 0.5) is 20.6 Å². The second-order valence-electron chi connectivity index (χ2n) is 7.54. The summed E-state index contributed by atoms with van der Waals surface area (Å²) in [5.74, 6) is -0.964. The van der Waals surface area contributed by atoms with Gasteiger partial charge in [-0.1, -0.05) is 30.7 Å². The summed E-state index contributed by atoms with van der Waals surface area (Å²) < 4.78 is 24.6. The van der Waals surface area contributed by atoms with Crippen molar-refractivity contribution in [2.24, 2.45) is 11.8 Å². The highest BCUT2D eigenvalue weighted by atomic mass is 19.1. The Kier molecular flexibility index (Phi) is 7.79. The van der Waals surface area contributed by atoms with Gasteiger partial charge in [0, 0.05) is 0 Å². The number of anilines is 2. The first-order chi connectivity index (χ1) is 14.5. The lowest BCUT2D eigenvalue weighted by Crippen LogP contribution is -2.30. The summed E-state index contributed by atoms with van der Waals surface area (Å²) in [6, 6.07) is 14.8. The average molecular weight is 415 g/mol. The van der Waals surface area contributed by atoms with Crippen molar-refractivity contribution < 1.29 is 28.6 Å². The van der Waals surface area contributed by atoms with Gasteiger partial charge < -0.3 is 14.6 Å². The molecule has 2 atom stereocenters. The van der Waals surface area contributed by atoms with E-state index in [0.29, 0.717) is 18.0 Å². The number of halogens is 1. The second-order valence-corrected chi connectivity index (χ2v) is 7.54. The monoisotopic (exact) mass is 415 g/mol. The zero-order chi connectivity index (χ0) is 21.3. The van der Waals surface area contributed by atoms with Crippen molar-refractivity contribution in [3.05, 3.63) is 60.4 Å². The van der Waals surface area contributed by atoms with Crippen molar-refractivity contribution in [1.29, 1.82) is 0 Å². The predicted molar refractivity (Wildman–Crippen MR) is 110 cm³/mol. The first-order valence-electron chi connectivity index (χ1n) is 10.1. The Labute approximate surface area is 175 Å². The van der Waals surface area contributed by atoms with Crippen LogP contribution in [-0.4, -0.2) is 37.0 Å². The smallest absolute Gasteiger partial charge is 0.418 e. The molecule has 2 aromatic carbocycles. The Bertz CT molecular complexity index is 844. The van der Waals surface area contributed by atoms with Crippen LogP contribution in [0.5, 0.6) is 0 Å². The number of hydrogen-bond donors (Lipinski definition) is 1. The Morgan fingerprint density at radius 3 is 2.40 bits per heavy atom. The summed E-state index contributed by atoms with van der Waals surface area (Å²) in [6.07, 6.45) is 3.15. The van der Waals surface area contributed by atoms with Gasteiger partial charge in [0.1, 0.15) is 12.4 Å². The van der Waals surface area contributed by atoms with E-state index in [0.717, 1.165) is 25.7 Å². The van der Waals surface area contributed by atoms with E-state index in [-0.39, 0.29) is 25.0 Å². The van der Waals surface area contributed by atoms with E-state index >= 15 is 0 Å². The van der Waals surface area contributed by atoms with Gasteiger partial charge >= 0.3 is 12.1 Å². The molecule has 2 unspecified atom stereocenters. The van der Waals surface area contributed by atoms with Gasteiger partial charge in [0.15, 0.2) is 0 Å². The largest absolute Gasteiger partial charge is 0.480 e. The molecule has 1 aliphatic rings. The number of benzene rings is 2. The highest BCUT2D eigenvalue weighted by Gasteiger charge is 2.26. The summed E-state index contributed by atoms with van der Waals surface area (Å²) in [7, 11) is 0. The van der Waals surface area contributed by atoms with Crippen LogP contribution in [0.2, 0.25) is 0 Å². The van der Waals surface area contributed by atoms with E-state index < -0.39 is 17.9 Å². The number of hydrogen-bond acceptors (Lipinski definition) is 4. The number of para-hydroxylation sites is 1. The number of carbonyl (C=O) groups excluding carboxylic acids is 1. The van der Waals surface area contributed by atoms with Crippen molar-refractivity contribution in [1.82, 2.24) is 0 Å². The van der Waals surface area contributed by atoms with E-state index in [1.165, 1.54) is 17.0 Å². The maximum atomic E-state index is 13.8. The third-order valence-electron chi connectivity index (χ3n) is 5.18. The number of nitrogens with zero attached hydrogens (tertiary/aromatic N) is 1. The molecule has 7 heteroatoms. The van der Waals surface area contributed by atoms with E-state index in [1.54, 1.807) is 36.4 Å². The van der Waals surface area contributed by atoms with Crippen molar-refractivity contribution in [2.45, 2.75) is 25.7 Å². The fraction of sp³-hybridized carbons (Fsp3) is 0.391. The molecule has 1 N–H and O–H groups in total. The van der Waals surface area contributed by atoms with E-state index in [9.17, 15) is 14.0 Å². The molecule has 1 fully saturated rings. The summed E-state index contributed by atoms with van der Waals surface area (Å²) >= 11 is 0. The molecule has 6 nitrogen and oxygen atoms in total. The zero-order valence-corrected chi connectivity index (χ0v) is 16.7. The van der Waals surface area contributed by atoms with Gasteiger partial charge in [-0.3, -0.25) is 0 Å². The van der Waals surface area contributed by atoms with Gasteiger partial charge in [-0.05, 0) is 61.4 Å².